The summed E-state index contributed by atoms with van der Waals surface area (Å²) in [7, 11) is 0. The highest BCUT2D eigenvalue weighted by Crippen LogP contribution is 2.41. The molecule has 11 heteroatoms. The Bertz CT molecular complexity index is 1210. The number of para-hydroxylation sites is 1. The van der Waals surface area contributed by atoms with Crippen molar-refractivity contribution < 1.29 is 4.79 Å². The molecular formula is C16H14N8O2S. The van der Waals surface area contributed by atoms with Gasteiger partial charge in [0.15, 0.2) is 5.69 Å². The highest BCUT2D eigenvalue weighted by atomic mass is 32.2. The van der Waals surface area contributed by atoms with Crippen molar-refractivity contribution in [2.75, 3.05) is 11.1 Å². The van der Waals surface area contributed by atoms with Gasteiger partial charge >= 0.3 is 0 Å². The van der Waals surface area contributed by atoms with Crippen molar-refractivity contribution in [1.82, 2.24) is 35.2 Å². The second-order valence-corrected chi connectivity index (χ2v) is 7.54. The van der Waals surface area contributed by atoms with Crippen molar-refractivity contribution in [1.29, 1.82) is 0 Å². The minimum Gasteiger partial charge on any atom is -0.339 e. The van der Waals surface area contributed by atoms with E-state index in [-0.39, 0.29) is 17.2 Å². The molecule has 1 saturated heterocycles. The van der Waals surface area contributed by atoms with Crippen LogP contribution in [0.5, 0.6) is 0 Å². The number of hydrogen-bond acceptors (Lipinski definition) is 7. The van der Waals surface area contributed by atoms with E-state index in [2.05, 4.69) is 42.1 Å². The molecule has 0 saturated carbocycles. The summed E-state index contributed by atoms with van der Waals surface area (Å²) in [4.78, 5) is 28.5. The number of nitrogens with zero attached hydrogens (tertiary/aromatic N) is 5. The Balaban J connectivity index is 1.63. The van der Waals surface area contributed by atoms with Crippen LogP contribution in [0.25, 0.3) is 16.6 Å². The van der Waals surface area contributed by atoms with Gasteiger partial charge in [0.2, 0.25) is 5.95 Å². The van der Waals surface area contributed by atoms with E-state index in [4.69, 9.17) is 0 Å². The fourth-order valence-electron chi connectivity index (χ4n) is 3.34. The molecule has 0 aliphatic carbocycles. The van der Waals surface area contributed by atoms with Crippen molar-refractivity contribution in [2.45, 2.75) is 18.1 Å². The molecule has 0 radical (unpaired) electrons. The molecule has 1 amide bonds. The zero-order valence-electron chi connectivity index (χ0n) is 14.0. The Morgan fingerprint density at radius 2 is 2.30 bits per heavy atom. The van der Waals surface area contributed by atoms with Gasteiger partial charge in [-0.15, -0.1) is 0 Å². The average molecular weight is 382 g/mol. The average Bonchev–Trinajstić information content (AvgIpc) is 3.43. The van der Waals surface area contributed by atoms with E-state index >= 15 is 0 Å². The van der Waals surface area contributed by atoms with Crippen LogP contribution in [0.4, 0.5) is 5.95 Å². The molecule has 136 valence electrons. The first-order chi connectivity index (χ1) is 13.2. The van der Waals surface area contributed by atoms with Gasteiger partial charge in [-0.2, -0.15) is 21.4 Å². The van der Waals surface area contributed by atoms with Gasteiger partial charge in [-0.1, -0.05) is 17.2 Å². The summed E-state index contributed by atoms with van der Waals surface area (Å²) < 4.78 is 1.21. The quantitative estimate of drug-likeness (QED) is 0.489. The Morgan fingerprint density at radius 1 is 1.37 bits per heavy atom. The van der Waals surface area contributed by atoms with Crippen molar-refractivity contribution in [2.24, 2.45) is 0 Å². The van der Waals surface area contributed by atoms with Gasteiger partial charge < -0.3 is 4.98 Å². The highest BCUT2D eigenvalue weighted by molar-refractivity contribution is 7.99. The minimum absolute atomic E-state index is 0.0897. The topological polar surface area (TPSA) is 134 Å². The zero-order chi connectivity index (χ0) is 18.4. The molecule has 1 atom stereocenters. The van der Waals surface area contributed by atoms with E-state index in [1.807, 2.05) is 17.8 Å². The fourth-order valence-corrected chi connectivity index (χ4v) is 4.67. The predicted molar refractivity (Wildman–Crippen MR) is 99.9 cm³/mol. The SMILES string of the molecule is O=C(Nc1nnn[nH]1)c1cc2[nH]c3c(C4CCCS4)cccc3c(=O)n2n1. The second kappa shape index (κ2) is 6.20. The number of carbonyl (C=O) groups excluding carboxylic acids is 1. The van der Waals surface area contributed by atoms with E-state index < -0.39 is 5.91 Å². The molecule has 1 unspecified atom stereocenters. The number of benzene rings is 1. The van der Waals surface area contributed by atoms with Crippen LogP contribution in [0, 0.1) is 0 Å². The van der Waals surface area contributed by atoms with Crippen LogP contribution in [0.1, 0.15) is 34.1 Å². The van der Waals surface area contributed by atoms with Crippen LogP contribution in [0.15, 0.2) is 29.1 Å². The number of carbonyl (C=O) groups is 1. The van der Waals surface area contributed by atoms with Crippen molar-refractivity contribution in [3.8, 4) is 0 Å². The molecule has 1 fully saturated rings. The Hall–Kier alpha value is -3.21. The van der Waals surface area contributed by atoms with Crippen LogP contribution >= 0.6 is 11.8 Å². The van der Waals surface area contributed by atoms with Crippen LogP contribution < -0.4 is 10.9 Å². The number of amides is 1. The summed E-state index contributed by atoms with van der Waals surface area (Å²) in [5.41, 5.74) is 2.22. The third kappa shape index (κ3) is 2.67. The van der Waals surface area contributed by atoms with E-state index in [1.54, 1.807) is 12.1 Å². The van der Waals surface area contributed by atoms with E-state index in [9.17, 15) is 9.59 Å². The Kier molecular flexibility index (Phi) is 3.67. The first kappa shape index (κ1) is 16.0. The maximum Gasteiger partial charge on any atom is 0.282 e. The summed E-state index contributed by atoms with van der Waals surface area (Å²) in [5.74, 6) is 0.718. The summed E-state index contributed by atoms with van der Waals surface area (Å²) in [6.07, 6.45) is 2.26. The standard InChI is InChI=1S/C16H14N8O2S/c25-14(18-16-19-22-23-20-16)10-7-12-17-13-8(11-5-2-6-27-11)3-1-4-9(13)15(26)24(12)21-10/h1,3-4,7,11,17H,2,5-6H2,(H2,18,19,20,22,23,25). The minimum atomic E-state index is -0.513. The van der Waals surface area contributed by atoms with Crippen LogP contribution in [0.3, 0.4) is 0 Å². The first-order valence-corrected chi connectivity index (χ1v) is 9.47. The number of H-pyrrole nitrogens is 2. The molecular weight excluding hydrogens is 368 g/mol. The molecule has 4 aromatic rings. The van der Waals surface area contributed by atoms with Crippen LogP contribution in [-0.4, -0.2) is 46.9 Å². The van der Waals surface area contributed by atoms with Crippen molar-refractivity contribution in [3.05, 3.63) is 45.9 Å². The van der Waals surface area contributed by atoms with E-state index in [0.29, 0.717) is 16.3 Å². The summed E-state index contributed by atoms with van der Waals surface area (Å²) >= 11 is 1.90. The van der Waals surface area contributed by atoms with Crippen molar-refractivity contribution >= 4 is 40.2 Å². The van der Waals surface area contributed by atoms with Gasteiger partial charge in [-0.3, -0.25) is 14.9 Å². The van der Waals surface area contributed by atoms with Gasteiger partial charge in [0.25, 0.3) is 11.5 Å². The fraction of sp³-hybridized carbons (Fsp3) is 0.250. The third-order valence-corrected chi connectivity index (χ3v) is 5.98. The number of tetrazole rings is 1. The molecule has 10 nitrogen and oxygen atoms in total. The molecule has 1 aliphatic heterocycles. The number of aromatic amines is 2. The smallest absolute Gasteiger partial charge is 0.282 e. The van der Waals surface area contributed by atoms with E-state index in [1.165, 1.54) is 10.9 Å². The highest BCUT2D eigenvalue weighted by Gasteiger charge is 2.22. The number of fused-ring (bicyclic) bond motifs is 2. The Labute approximate surface area is 155 Å². The number of thioether (sulfide) groups is 1. The number of anilines is 1. The molecule has 1 aliphatic rings. The lowest BCUT2D eigenvalue weighted by atomic mass is 10.0. The third-order valence-electron chi connectivity index (χ3n) is 4.57. The maximum absolute atomic E-state index is 12.9. The van der Waals surface area contributed by atoms with Gasteiger partial charge in [-0.25, -0.2) is 5.10 Å². The first-order valence-electron chi connectivity index (χ1n) is 8.42. The molecule has 4 heterocycles. The second-order valence-electron chi connectivity index (χ2n) is 6.23. The summed E-state index contributed by atoms with van der Waals surface area (Å²) in [6, 6.07) is 7.27. The van der Waals surface area contributed by atoms with Crippen molar-refractivity contribution in [3.63, 3.8) is 0 Å². The number of hydrogen-bond donors (Lipinski definition) is 3. The molecule has 3 aromatic heterocycles. The lowest BCUT2D eigenvalue weighted by Gasteiger charge is -2.12. The van der Waals surface area contributed by atoms with Crippen LogP contribution in [0.2, 0.25) is 0 Å². The summed E-state index contributed by atoms with van der Waals surface area (Å²) in [5, 5.41) is 20.4. The Morgan fingerprint density at radius 3 is 3.07 bits per heavy atom. The molecule has 3 N–H and O–H groups in total. The molecule has 0 bridgehead atoms. The largest absolute Gasteiger partial charge is 0.339 e. The molecule has 5 rings (SSSR count). The lowest BCUT2D eigenvalue weighted by molar-refractivity contribution is 0.102. The molecule has 27 heavy (non-hydrogen) atoms. The van der Waals surface area contributed by atoms with Gasteiger partial charge in [0.05, 0.1) is 10.9 Å². The van der Waals surface area contributed by atoms with Crippen LogP contribution in [-0.2, 0) is 0 Å². The maximum atomic E-state index is 12.9. The predicted octanol–water partition coefficient (Wildman–Crippen LogP) is 1.51. The summed E-state index contributed by atoms with van der Waals surface area (Å²) in [6.45, 7) is 0. The van der Waals surface area contributed by atoms with Gasteiger partial charge in [-0.05, 0) is 40.7 Å². The molecule has 0 spiro atoms. The number of rotatable bonds is 3. The number of aromatic nitrogens is 7. The normalized spacial score (nSPS) is 17.0. The monoisotopic (exact) mass is 382 g/mol. The molecule has 1 aromatic carbocycles. The lowest BCUT2D eigenvalue weighted by Crippen LogP contribution is -2.18. The van der Waals surface area contributed by atoms with E-state index in [0.717, 1.165) is 23.3 Å². The number of nitrogens with one attached hydrogen (secondary N) is 3. The van der Waals surface area contributed by atoms with Gasteiger partial charge in [0.1, 0.15) is 5.65 Å². The van der Waals surface area contributed by atoms with Gasteiger partial charge in [0, 0.05) is 11.3 Å². The zero-order valence-corrected chi connectivity index (χ0v) is 14.8.